The predicted octanol–water partition coefficient (Wildman–Crippen LogP) is 1.99. The summed E-state index contributed by atoms with van der Waals surface area (Å²) < 4.78 is 11.0. The largest absolute Gasteiger partial charge is 0.378 e. The van der Waals surface area contributed by atoms with Crippen molar-refractivity contribution in [3.8, 4) is 11.4 Å². The summed E-state index contributed by atoms with van der Waals surface area (Å²) in [5, 5.41) is 4.18. The average molecular weight is 422 g/mol. The van der Waals surface area contributed by atoms with E-state index in [9.17, 15) is 0 Å². The number of nitrogens with zero attached hydrogens (tertiary/aromatic N) is 7. The zero-order valence-electron chi connectivity index (χ0n) is 17.8. The van der Waals surface area contributed by atoms with Gasteiger partial charge in [0.2, 0.25) is 11.7 Å². The van der Waals surface area contributed by atoms with E-state index in [1.54, 1.807) is 6.33 Å². The van der Waals surface area contributed by atoms with Crippen LogP contribution < -0.4 is 9.80 Å². The molecule has 3 aromatic rings. The number of ether oxygens (including phenoxy) is 1. The lowest BCUT2D eigenvalue weighted by Gasteiger charge is -2.35. The van der Waals surface area contributed by atoms with Crippen LogP contribution >= 0.6 is 0 Å². The Bertz CT molecular complexity index is 1010. The molecule has 2 fully saturated rings. The van der Waals surface area contributed by atoms with Crippen molar-refractivity contribution in [2.45, 2.75) is 13.5 Å². The first kappa shape index (κ1) is 19.9. The van der Waals surface area contributed by atoms with Gasteiger partial charge in [0.1, 0.15) is 18.0 Å². The van der Waals surface area contributed by atoms with Gasteiger partial charge in [-0.3, -0.25) is 4.90 Å². The van der Waals surface area contributed by atoms with Gasteiger partial charge in [-0.05, 0) is 12.5 Å². The summed E-state index contributed by atoms with van der Waals surface area (Å²) in [6.45, 7) is 9.60. The minimum Gasteiger partial charge on any atom is -0.378 e. The lowest BCUT2D eigenvalue weighted by atomic mass is 10.1. The van der Waals surface area contributed by atoms with E-state index in [0.29, 0.717) is 18.3 Å². The number of rotatable bonds is 5. The molecule has 0 saturated carbocycles. The molecule has 31 heavy (non-hydrogen) atoms. The molecule has 4 heterocycles. The fraction of sp³-hybridized carbons (Fsp3) is 0.455. The summed E-state index contributed by atoms with van der Waals surface area (Å²) in [5.74, 6) is 3.27. The Morgan fingerprint density at radius 1 is 0.903 bits per heavy atom. The van der Waals surface area contributed by atoms with Gasteiger partial charge in [0.05, 0.1) is 19.8 Å². The summed E-state index contributed by atoms with van der Waals surface area (Å²) in [7, 11) is 0. The van der Waals surface area contributed by atoms with Crippen LogP contribution in [0.25, 0.3) is 11.4 Å². The lowest BCUT2D eigenvalue weighted by Crippen LogP contribution is -2.46. The summed E-state index contributed by atoms with van der Waals surface area (Å²) in [5.41, 5.74) is 2.16. The lowest BCUT2D eigenvalue weighted by molar-refractivity contribution is 0.122. The summed E-state index contributed by atoms with van der Waals surface area (Å²) >= 11 is 0. The first-order chi connectivity index (χ1) is 15.3. The van der Waals surface area contributed by atoms with Crippen LogP contribution in [0.15, 0.2) is 41.2 Å². The van der Waals surface area contributed by atoms with E-state index in [1.165, 1.54) is 0 Å². The van der Waals surface area contributed by atoms with Crippen molar-refractivity contribution in [1.29, 1.82) is 0 Å². The SMILES string of the molecule is Cc1ccccc1-c1noc(CN2CCN(c3cc(N4CCOCC4)ncn3)CC2)n1. The molecule has 0 unspecified atom stereocenters. The van der Waals surface area contributed by atoms with Crippen molar-refractivity contribution in [3.05, 3.63) is 48.1 Å². The van der Waals surface area contributed by atoms with Gasteiger partial charge in [0, 0.05) is 50.9 Å². The second kappa shape index (κ2) is 8.99. The topological polar surface area (TPSA) is 83.7 Å². The van der Waals surface area contributed by atoms with Crippen LogP contribution in [0.4, 0.5) is 11.6 Å². The van der Waals surface area contributed by atoms with Gasteiger partial charge in [0.15, 0.2) is 0 Å². The zero-order valence-corrected chi connectivity index (χ0v) is 17.8. The van der Waals surface area contributed by atoms with Gasteiger partial charge in [-0.15, -0.1) is 0 Å². The Kier molecular flexibility index (Phi) is 5.77. The first-order valence-corrected chi connectivity index (χ1v) is 10.8. The average Bonchev–Trinajstić information content (AvgIpc) is 3.29. The summed E-state index contributed by atoms with van der Waals surface area (Å²) in [4.78, 5) is 20.5. The van der Waals surface area contributed by atoms with Crippen LogP contribution in [0, 0.1) is 6.92 Å². The van der Waals surface area contributed by atoms with Crippen LogP contribution in [0.3, 0.4) is 0 Å². The highest BCUT2D eigenvalue weighted by Crippen LogP contribution is 2.22. The van der Waals surface area contributed by atoms with E-state index in [-0.39, 0.29) is 0 Å². The Labute approximate surface area is 181 Å². The Hall–Kier alpha value is -3.04. The molecule has 0 spiro atoms. The van der Waals surface area contributed by atoms with Crippen molar-refractivity contribution in [2.24, 2.45) is 0 Å². The number of aromatic nitrogens is 4. The van der Waals surface area contributed by atoms with Crippen LogP contribution in [0.5, 0.6) is 0 Å². The van der Waals surface area contributed by atoms with Crippen LogP contribution in [0.1, 0.15) is 11.5 Å². The molecule has 0 N–H and O–H groups in total. The molecule has 1 aromatic carbocycles. The van der Waals surface area contributed by atoms with Gasteiger partial charge < -0.3 is 19.1 Å². The predicted molar refractivity (Wildman–Crippen MR) is 117 cm³/mol. The van der Waals surface area contributed by atoms with Crippen LogP contribution in [-0.2, 0) is 11.3 Å². The van der Waals surface area contributed by atoms with Gasteiger partial charge >= 0.3 is 0 Å². The van der Waals surface area contributed by atoms with Crippen LogP contribution in [0.2, 0.25) is 0 Å². The van der Waals surface area contributed by atoms with Crippen molar-refractivity contribution in [3.63, 3.8) is 0 Å². The molecule has 9 heteroatoms. The number of hydrogen-bond donors (Lipinski definition) is 0. The zero-order chi connectivity index (χ0) is 21.0. The highest BCUT2D eigenvalue weighted by atomic mass is 16.5. The van der Waals surface area contributed by atoms with Gasteiger partial charge in [-0.2, -0.15) is 4.98 Å². The third kappa shape index (κ3) is 4.52. The third-order valence-electron chi connectivity index (χ3n) is 5.88. The Morgan fingerprint density at radius 2 is 1.61 bits per heavy atom. The van der Waals surface area contributed by atoms with E-state index in [1.807, 2.05) is 18.2 Å². The molecular formula is C22H27N7O2. The second-order valence-electron chi connectivity index (χ2n) is 7.92. The molecule has 2 aliphatic rings. The minimum absolute atomic E-state index is 0.656. The second-order valence-corrected chi connectivity index (χ2v) is 7.92. The number of aryl methyl sites for hydroxylation is 1. The van der Waals surface area contributed by atoms with Crippen molar-refractivity contribution >= 4 is 11.6 Å². The monoisotopic (exact) mass is 421 g/mol. The van der Waals surface area contributed by atoms with E-state index >= 15 is 0 Å². The molecule has 162 valence electrons. The molecule has 9 nitrogen and oxygen atoms in total. The van der Waals surface area contributed by atoms with Crippen LogP contribution in [-0.4, -0.2) is 77.5 Å². The summed E-state index contributed by atoms with van der Waals surface area (Å²) in [6, 6.07) is 10.2. The normalized spacial score (nSPS) is 17.8. The van der Waals surface area contributed by atoms with Gasteiger partial charge in [0.25, 0.3) is 0 Å². The molecule has 2 saturated heterocycles. The molecule has 2 aliphatic heterocycles. The Balaban J connectivity index is 1.18. The fourth-order valence-electron chi connectivity index (χ4n) is 4.05. The fourth-order valence-corrected chi connectivity index (χ4v) is 4.05. The van der Waals surface area contributed by atoms with Gasteiger partial charge in [-0.1, -0.05) is 29.4 Å². The molecule has 0 aliphatic carbocycles. The molecule has 0 atom stereocenters. The summed E-state index contributed by atoms with van der Waals surface area (Å²) in [6.07, 6.45) is 1.66. The number of benzene rings is 1. The van der Waals surface area contributed by atoms with E-state index in [0.717, 1.165) is 75.2 Å². The molecule has 0 bridgehead atoms. The maximum absolute atomic E-state index is 5.52. The van der Waals surface area contributed by atoms with Gasteiger partial charge in [-0.25, -0.2) is 9.97 Å². The number of morpholine rings is 1. The minimum atomic E-state index is 0.656. The number of piperazine rings is 1. The number of hydrogen-bond acceptors (Lipinski definition) is 9. The molecule has 5 rings (SSSR count). The van der Waals surface area contributed by atoms with Crippen molar-refractivity contribution < 1.29 is 9.26 Å². The standard InChI is InChI=1S/C22H27N7O2/c1-17-4-2-3-5-18(17)22-25-21(31-26-22)15-27-6-8-28(9-7-27)19-14-20(24-16-23-19)29-10-12-30-13-11-29/h2-5,14,16H,6-13,15H2,1H3. The van der Waals surface area contributed by atoms with E-state index in [4.69, 9.17) is 9.26 Å². The Morgan fingerprint density at radius 3 is 2.35 bits per heavy atom. The quantitative estimate of drug-likeness (QED) is 0.614. The third-order valence-corrected chi connectivity index (χ3v) is 5.88. The molecular weight excluding hydrogens is 394 g/mol. The van der Waals surface area contributed by atoms with Crippen molar-refractivity contribution in [2.75, 3.05) is 62.3 Å². The van der Waals surface area contributed by atoms with Crippen molar-refractivity contribution in [1.82, 2.24) is 25.0 Å². The molecule has 0 amide bonds. The highest BCUT2D eigenvalue weighted by Gasteiger charge is 2.22. The maximum Gasteiger partial charge on any atom is 0.241 e. The van der Waals surface area contributed by atoms with E-state index < -0.39 is 0 Å². The maximum atomic E-state index is 5.52. The molecule has 0 radical (unpaired) electrons. The molecule has 2 aromatic heterocycles. The first-order valence-electron chi connectivity index (χ1n) is 10.8. The van der Waals surface area contributed by atoms with E-state index in [2.05, 4.69) is 53.9 Å². The number of anilines is 2. The smallest absolute Gasteiger partial charge is 0.241 e. The highest BCUT2D eigenvalue weighted by molar-refractivity contribution is 5.59.